The van der Waals surface area contributed by atoms with Crippen molar-refractivity contribution in [2.24, 2.45) is 0 Å². The lowest BCUT2D eigenvalue weighted by atomic mass is 10.1. The van der Waals surface area contributed by atoms with Crippen molar-refractivity contribution < 1.29 is 0 Å². The summed E-state index contributed by atoms with van der Waals surface area (Å²) in [5.74, 6) is 0. The van der Waals surface area contributed by atoms with E-state index in [0.717, 1.165) is 34.1 Å². The highest BCUT2D eigenvalue weighted by atomic mass is 15.0. The van der Waals surface area contributed by atoms with Crippen molar-refractivity contribution in [1.29, 1.82) is 0 Å². The molecule has 6 aromatic heterocycles. The third-order valence-corrected chi connectivity index (χ3v) is 21.3. The molecule has 0 aliphatic carbocycles. The number of hydrogen-bond donors (Lipinski definition) is 0. The Labute approximate surface area is 587 Å². The van der Waals surface area contributed by atoms with Gasteiger partial charge in [-0.15, -0.1) is 0 Å². The molecule has 16 aromatic carbocycles. The summed E-state index contributed by atoms with van der Waals surface area (Å²) in [6.45, 7) is 0. The van der Waals surface area contributed by atoms with Crippen molar-refractivity contribution in [3.63, 3.8) is 0 Å². The average Bonchev–Trinajstić information content (AvgIpc) is 1.58. The molecule has 476 valence electrons. The largest absolute Gasteiger partial charge is 0.309 e. The Morgan fingerprint density at radius 2 is 0.304 bits per heavy atom. The molecule has 0 aliphatic heterocycles. The Bertz CT molecular complexity index is 6560. The number of nitrogens with zero attached hydrogens (tertiary/aromatic N) is 6. The fraction of sp³-hybridized carbons (Fsp3) is 0. The van der Waals surface area contributed by atoms with Crippen LogP contribution in [0.15, 0.2) is 376 Å². The Kier molecular flexibility index (Phi) is 12.9. The SMILES string of the molecule is c1ccc(-c2ccc(-n3c4ccc(-n5c6ccccc6c6ccccc65)cc4c4cc(-n5c6ccccc6c6ccccc65)ccc43)cc2)cc1.c1ccc(-c2cccc(-n3c4ccc(-n5c6ccccc6c6ccccc65)cc4c4cc(-n5c6ccccc6c6ccccc65)ccc43)c2)cc1. The summed E-state index contributed by atoms with van der Waals surface area (Å²) in [5.41, 5.74) is 26.2. The number of benzene rings is 16. The van der Waals surface area contributed by atoms with Crippen LogP contribution in [0.5, 0.6) is 0 Å². The molecule has 22 aromatic rings. The molecule has 0 fully saturated rings. The first-order valence-electron chi connectivity index (χ1n) is 35.1. The Balaban J connectivity index is 0.000000133. The van der Waals surface area contributed by atoms with Crippen LogP contribution in [0, 0.1) is 0 Å². The topological polar surface area (TPSA) is 29.6 Å². The van der Waals surface area contributed by atoms with Gasteiger partial charge in [0, 0.05) is 98.8 Å². The first-order chi connectivity index (χ1) is 50.6. The highest BCUT2D eigenvalue weighted by Crippen LogP contribution is 2.43. The van der Waals surface area contributed by atoms with Gasteiger partial charge in [0.1, 0.15) is 0 Å². The summed E-state index contributed by atoms with van der Waals surface area (Å²) < 4.78 is 14.5. The molecule has 6 nitrogen and oxygen atoms in total. The predicted octanol–water partition coefficient (Wildman–Crippen LogP) is 25.3. The summed E-state index contributed by atoms with van der Waals surface area (Å²) >= 11 is 0. The van der Waals surface area contributed by atoms with Crippen LogP contribution < -0.4 is 0 Å². The lowest BCUT2D eigenvalue weighted by molar-refractivity contribution is 1.16. The zero-order valence-corrected chi connectivity index (χ0v) is 55.5. The van der Waals surface area contributed by atoms with Gasteiger partial charge in [-0.3, -0.25) is 0 Å². The van der Waals surface area contributed by atoms with Crippen molar-refractivity contribution >= 4 is 131 Å². The number of rotatable bonds is 8. The van der Waals surface area contributed by atoms with Gasteiger partial charge < -0.3 is 27.4 Å². The van der Waals surface area contributed by atoms with Gasteiger partial charge in [0.05, 0.1) is 66.2 Å². The minimum absolute atomic E-state index is 1.14. The van der Waals surface area contributed by atoms with Crippen molar-refractivity contribution in [3.05, 3.63) is 376 Å². The molecule has 0 atom stereocenters. The summed E-state index contributed by atoms with van der Waals surface area (Å²) in [7, 11) is 0. The van der Waals surface area contributed by atoms with Crippen molar-refractivity contribution in [2.45, 2.75) is 0 Å². The van der Waals surface area contributed by atoms with Gasteiger partial charge in [0.15, 0.2) is 0 Å². The standard InChI is InChI=1S/2C48H31N3/c1-2-13-32(14-3-1)33-15-12-16-34(29-33)49-47-27-25-35(50-43-21-8-4-17-37(43)38-18-5-9-22-44(38)50)30-41(47)42-31-36(26-28-48(42)49)51-45-23-10-6-19-39(45)40-20-7-11-24-46(40)51;1-2-12-32(13-3-1)33-22-24-34(25-23-33)49-47-28-26-35(50-43-18-8-4-14-37(43)38-15-5-9-19-44(38)50)30-41(47)42-31-36(27-29-48(42)49)51-45-20-10-6-16-39(45)40-17-7-11-21-46(40)51/h2*1-31H. The molecule has 0 saturated carbocycles. The van der Waals surface area contributed by atoms with Crippen molar-refractivity contribution in [2.75, 3.05) is 0 Å². The highest BCUT2D eigenvalue weighted by Gasteiger charge is 2.22. The molecule has 0 saturated heterocycles. The van der Waals surface area contributed by atoms with E-state index in [1.54, 1.807) is 0 Å². The Morgan fingerprint density at radius 1 is 0.108 bits per heavy atom. The average molecular weight is 1300 g/mol. The number of aromatic nitrogens is 6. The molecule has 102 heavy (non-hydrogen) atoms. The second-order valence-electron chi connectivity index (χ2n) is 26.8. The maximum atomic E-state index is 2.43. The second kappa shape index (κ2) is 23.0. The fourth-order valence-electron chi connectivity index (χ4n) is 16.8. The van der Waals surface area contributed by atoms with Crippen molar-refractivity contribution in [1.82, 2.24) is 27.4 Å². The predicted molar refractivity (Wildman–Crippen MR) is 430 cm³/mol. The molecule has 6 heteroatoms. The number of fused-ring (bicyclic) bond motifs is 18. The zero-order valence-electron chi connectivity index (χ0n) is 55.5. The lowest BCUT2D eigenvalue weighted by Gasteiger charge is -2.12. The third kappa shape index (κ3) is 8.86. The molecular weight excluding hydrogens is 1240 g/mol. The molecule has 0 spiro atoms. The lowest BCUT2D eigenvalue weighted by Crippen LogP contribution is -1.96. The molecule has 0 bridgehead atoms. The molecule has 0 N–H and O–H groups in total. The van der Waals surface area contributed by atoms with Gasteiger partial charge in [0.2, 0.25) is 0 Å². The van der Waals surface area contributed by atoms with E-state index >= 15 is 0 Å². The van der Waals surface area contributed by atoms with E-state index in [-0.39, 0.29) is 0 Å². The number of hydrogen-bond acceptors (Lipinski definition) is 0. The van der Waals surface area contributed by atoms with Crippen LogP contribution in [0.1, 0.15) is 0 Å². The van der Waals surface area contributed by atoms with Gasteiger partial charge >= 0.3 is 0 Å². The van der Waals surface area contributed by atoms with Gasteiger partial charge in [-0.2, -0.15) is 0 Å². The third-order valence-electron chi connectivity index (χ3n) is 21.3. The smallest absolute Gasteiger partial charge is 0.0542 e. The van der Waals surface area contributed by atoms with Gasteiger partial charge in [-0.25, -0.2) is 0 Å². The van der Waals surface area contributed by atoms with Crippen LogP contribution in [-0.2, 0) is 0 Å². The van der Waals surface area contributed by atoms with E-state index in [1.165, 1.54) is 153 Å². The highest BCUT2D eigenvalue weighted by molar-refractivity contribution is 6.17. The van der Waals surface area contributed by atoms with E-state index in [9.17, 15) is 0 Å². The molecular formula is C96H62N6. The summed E-state index contributed by atoms with van der Waals surface area (Å²) in [6.07, 6.45) is 0. The molecule has 6 heterocycles. The fourth-order valence-corrected chi connectivity index (χ4v) is 16.8. The van der Waals surface area contributed by atoms with Gasteiger partial charge in [-0.1, -0.05) is 231 Å². The van der Waals surface area contributed by atoms with Crippen LogP contribution in [0.4, 0.5) is 0 Å². The van der Waals surface area contributed by atoms with E-state index in [4.69, 9.17) is 0 Å². The van der Waals surface area contributed by atoms with E-state index < -0.39 is 0 Å². The second-order valence-corrected chi connectivity index (χ2v) is 26.8. The van der Waals surface area contributed by atoms with Gasteiger partial charge in [0.25, 0.3) is 0 Å². The first-order valence-corrected chi connectivity index (χ1v) is 35.1. The Hall–Kier alpha value is -13.7. The van der Waals surface area contributed by atoms with Crippen LogP contribution in [0.25, 0.3) is 187 Å². The van der Waals surface area contributed by atoms with E-state index in [2.05, 4.69) is 404 Å². The molecule has 0 radical (unpaired) electrons. The quantitative estimate of drug-likeness (QED) is 0.145. The molecule has 22 rings (SSSR count). The Morgan fingerprint density at radius 3 is 0.588 bits per heavy atom. The molecule has 0 aliphatic rings. The van der Waals surface area contributed by atoms with Crippen LogP contribution >= 0.6 is 0 Å². The van der Waals surface area contributed by atoms with Crippen LogP contribution in [0.3, 0.4) is 0 Å². The maximum absolute atomic E-state index is 2.43. The van der Waals surface area contributed by atoms with Gasteiger partial charge in [-0.05, 0) is 168 Å². The monoisotopic (exact) mass is 1300 g/mol. The maximum Gasteiger partial charge on any atom is 0.0542 e. The zero-order chi connectivity index (χ0) is 66.9. The summed E-state index contributed by atoms with van der Waals surface area (Å²) in [6, 6.07) is 137. The minimum atomic E-state index is 1.14. The first kappa shape index (κ1) is 57.4. The molecule has 0 unspecified atom stereocenters. The number of para-hydroxylation sites is 8. The molecule has 0 amide bonds. The minimum Gasteiger partial charge on any atom is -0.309 e. The van der Waals surface area contributed by atoms with Crippen LogP contribution in [0.2, 0.25) is 0 Å². The normalized spacial score (nSPS) is 11.9. The van der Waals surface area contributed by atoms with E-state index in [0.29, 0.717) is 0 Å². The van der Waals surface area contributed by atoms with Crippen molar-refractivity contribution in [3.8, 4) is 56.4 Å². The summed E-state index contributed by atoms with van der Waals surface area (Å²) in [4.78, 5) is 0. The van der Waals surface area contributed by atoms with E-state index in [1.807, 2.05) is 0 Å². The van der Waals surface area contributed by atoms with Crippen LogP contribution in [-0.4, -0.2) is 27.4 Å². The summed E-state index contributed by atoms with van der Waals surface area (Å²) in [5, 5.41) is 15.0.